The molecule has 0 heterocycles. The predicted octanol–water partition coefficient (Wildman–Crippen LogP) is 1.35. The van der Waals surface area contributed by atoms with Crippen LogP contribution >= 0.6 is 0 Å². The van der Waals surface area contributed by atoms with E-state index in [9.17, 15) is 9.59 Å². The molecular formula is C12H20NO2+. The van der Waals surface area contributed by atoms with Crippen molar-refractivity contribution in [2.45, 2.75) is 13.8 Å². The molecule has 0 saturated heterocycles. The molecule has 0 atom stereocenters. The summed E-state index contributed by atoms with van der Waals surface area (Å²) in [4.78, 5) is 22.1. The zero-order valence-electron chi connectivity index (χ0n) is 10.1. The highest BCUT2D eigenvalue weighted by atomic mass is 16.1. The van der Waals surface area contributed by atoms with Crippen molar-refractivity contribution >= 4 is 11.6 Å². The Labute approximate surface area is 91.7 Å². The van der Waals surface area contributed by atoms with E-state index in [0.717, 1.165) is 0 Å². The Hall–Kier alpha value is -1.22. The third-order valence-corrected chi connectivity index (χ3v) is 2.23. The lowest BCUT2D eigenvalue weighted by atomic mass is 10.1. The van der Waals surface area contributed by atoms with Gasteiger partial charge in [0.2, 0.25) is 0 Å². The van der Waals surface area contributed by atoms with Gasteiger partial charge in [0.1, 0.15) is 13.1 Å². The monoisotopic (exact) mass is 210 g/mol. The van der Waals surface area contributed by atoms with Crippen molar-refractivity contribution in [2.24, 2.45) is 0 Å². The lowest BCUT2D eigenvalue weighted by Crippen LogP contribution is -2.44. The molecule has 0 fully saturated rings. The highest BCUT2D eigenvalue weighted by Crippen LogP contribution is 2.08. The molecule has 0 aromatic rings. The van der Waals surface area contributed by atoms with Crippen LogP contribution in [0.1, 0.15) is 13.8 Å². The second-order valence-corrected chi connectivity index (χ2v) is 4.57. The minimum absolute atomic E-state index is 0.00497. The average Bonchev–Trinajstić information content (AvgIpc) is 2.01. The first-order valence-corrected chi connectivity index (χ1v) is 4.85. The van der Waals surface area contributed by atoms with Gasteiger partial charge in [0, 0.05) is 11.1 Å². The predicted molar refractivity (Wildman–Crippen MR) is 61.5 cm³/mol. The molecule has 0 N–H and O–H groups in total. The third kappa shape index (κ3) is 5.27. The van der Waals surface area contributed by atoms with Gasteiger partial charge in [0.05, 0.1) is 14.1 Å². The second kappa shape index (κ2) is 5.03. The second-order valence-electron chi connectivity index (χ2n) is 4.57. The summed E-state index contributed by atoms with van der Waals surface area (Å²) in [5, 5.41) is 0. The van der Waals surface area contributed by atoms with Crippen molar-refractivity contribution in [3.8, 4) is 0 Å². The lowest BCUT2D eigenvalue weighted by molar-refractivity contribution is -0.880. The Morgan fingerprint density at radius 1 is 0.933 bits per heavy atom. The molecule has 0 radical (unpaired) electrons. The van der Waals surface area contributed by atoms with E-state index in [2.05, 4.69) is 13.2 Å². The molecule has 3 nitrogen and oxygen atoms in total. The molecular weight excluding hydrogens is 190 g/mol. The molecule has 0 aliphatic carbocycles. The number of ketones is 2. The van der Waals surface area contributed by atoms with E-state index in [1.165, 1.54) is 13.8 Å². The zero-order valence-corrected chi connectivity index (χ0v) is 10.1. The van der Waals surface area contributed by atoms with Crippen LogP contribution in [0.25, 0.3) is 0 Å². The lowest BCUT2D eigenvalue weighted by Gasteiger charge is -2.30. The molecule has 84 valence electrons. The number of carbonyl (C=O) groups excluding carboxylic acids is 2. The van der Waals surface area contributed by atoms with E-state index in [0.29, 0.717) is 28.7 Å². The van der Waals surface area contributed by atoms with Gasteiger partial charge in [0.25, 0.3) is 0 Å². The molecule has 0 saturated carbocycles. The van der Waals surface area contributed by atoms with Crippen LogP contribution < -0.4 is 0 Å². The standard InChI is InChI=1S/C12H20NO2/c1-9(11(3)14)7-13(5,6)8-10(2)12(4)15/h1-2,7-8H2,3-6H3/q+1. The summed E-state index contributed by atoms with van der Waals surface area (Å²) in [7, 11) is 3.89. The summed E-state index contributed by atoms with van der Waals surface area (Å²) in [5.74, 6) is -0.00993. The molecule has 3 heteroatoms. The third-order valence-electron chi connectivity index (χ3n) is 2.23. The van der Waals surface area contributed by atoms with Crippen molar-refractivity contribution in [2.75, 3.05) is 27.2 Å². The van der Waals surface area contributed by atoms with E-state index in [4.69, 9.17) is 0 Å². The summed E-state index contributed by atoms with van der Waals surface area (Å²) in [6.45, 7) is 11.5. The quantitative estimate of drug-likeness (QED) is 0.490. The smallest absolute Gasteiger partial charge is 0.160 e. The van der Waals surface area contributed by atoms with Crippen LogP contribution in [-0.4, -0.2) is 43.2 Å². The van der Waals surface area contributed by atoms with Crippen LogP contribution in [-0.2, 0) is 9.59 Å². The normalized spacial score (nSPS) is 10.9. The number of Topliss-reactive ketones (excluding diaryl/α,β-unsaturated/α-hetero) is 2. The molecule has 0 unspecified atom stereocenters. The molecule has 0 spiro atoms. The Kier molecular flexibility index (Phi) is 4.62. The van der Waals surface area contributed by atoms with E-state index in [-0.39, 0.29) is 11.6 Å². The fourth-order valence-corrected chi connectivity index (χ4v) is 1.31. The molecule has 0 aromatic heterocycles. The van der Waals surface area contributed by atoms with Crippen molar-refractivity contribution in [1.82, 2.24) is 0 Å². The van der Waals surface area contributed by atoms with E-state index >= 15 is 0 Å². The van der Waals surface area contributed by atoms with Crippen molar-refractivity contribution in [3.05, 3.63) is 24.3 Å². The number of quaternary nitrogens is 1. The summed E-state index contributed by atoms with van der Waals surface area (Å²) >= 11 is 0. The molecule has 0 aliphatic rings. The van der Waals surface area contributed by atoms with Crippen LogP contribution in [0, 0.1) is 0 Å². The largest absolute Gasteiger partial charge is 0.321 e. The number of carbonyl (C=O) groups is 2. The Balaban J connectivity index is 4.43. The summed E-state index contributed by atoms with van der Waals surface area (Å²) in [5.41, 5.74) is 1.16. The maximum atomic E-state index is 11.0. The number of hydrogen-bond donors (Lipinski definition) is 0. The average molecular weight is 210 g/mol. The van der Waals surface area contributed by atoms with Gasteiger partial charge in [-0.3, -0.25) is 9.59 Å². The van der Waals surface area contributed by atoms with Crippen molar-refractivity contribution in [1.29, 1.82) is 0 Å². The van der Waals surface area contributed by atoms with Crippen LogP contribution in [0.5, 0.6) is 0 Å². The number of nitrogens with zero attached hydrogens (tertiary/aromatic N) is 1. The number of likely N-dealkylation sites (N-methyl/N-ethyl adjacent to an activating group) is 1. The fraction of sp³-hybridized carbons (Fsp3) is 0.500. The minimum Gasteiger partial charge on any atom is -0.321 e. The van der Waals surface area contributed by atoms with Crippen LogP contribution in [0.4, 0.5) is 0 Å². The van der Waals surface area contributed by atoms with Gasteiger partial charge in [-0.05, 0) is 13.8 Å². The maximum absolute atomic E-state index is 11.0. The summed E-state index contributed by atoms with van der Waals surface area (Å²) in [6.07, 6.45) is 0. The van der Waals surface area contributed by atoms with Gasteiger partial charge in [-0.2, -0.15) is 0 Å². The first kappa shape index (κ1) is 13.8. The van der Waals surface area contributed by atoms with Gasteiger partial charge in [-0.25, -0.2) is 0 Å². The SMILES string of the molecule is C=C(C[N+](C)(C)CC(=C)C(C)=O)C(C)=O. The first-order chi connectivity index (χ1) is 6.65. The fourth-order valence-electron chi connectivity index (χ4n) is 1.31. The minimum atomic E-state index is -0.00497. The molecule has 0 bridgehead atoms. The van der Waals surface area contributed by atoms with Crippen LogP contribution in [0.15, 0.2) is 24.3 Å². The van der Waals surface area contributed by atoms with Crippen molar-refractivity contribution in [3.63, 3.8) is 0 Å². The Morgan fingerprint density at radius 2 is 1.20 bits per heavy atom. The van der Waals surface area contributed by atoms with Crippen molar-refractivity contribution < 1.29 is 14.1 Å². The van der Waals surface area contributed by atoms with Gasteiger partial charge >= 0.3 is 0 Å². The highest BCUT2D eigenvalue weighted by molar-refractivity contribution is 5.93. The molecule has 0 aliphatic heterocycles. The van der Waals surface area contributed by atoms with Gasteiger partial charge < -0.3 is 4.48 Å². The molecule has 15 heavy (non-hydrogen) atoms. The highest BCUT2D eigenvalue weighted by Gasteiger charge is 2.21. The summed E-state index contributed by atoms with van der Waals surface area (Å²) in [6, 6.07) is 0. The molecule has 0 rings (SSSR count). The molecule has 0 aromatic carbocycles. The van der Waals surface area contributed by atoms with E-state index < -0.39 is 0 Å². The van der Waals surface area contributed by atoms with Crippen LogP contribution in [0.3, 0.4) is 0 Å². The van der Waals surface area contributed by atoms with E-state index in [1.54, 1.807) is 0 Å². The Bertz CT molecular complexity index is 284. The topological polar surface area (TPSA) is 34.1 Å². The van der Waals surface area contributed by atoms with Gasteiger partial charge in [-0.1, -0.05) is 13.2 Å². The number of hydrogen-bond acceptors (Lipinski definition) is 2. The number of rotatable bonds is 6. The first-order valence-electron chi connectivity index (χ1n) is 4.85. The van der Waals surface area contributed by atoms with Crippen LogP contribution in [0.2, 0.25) is 0 Å². The molecule has 0 amide bonds. The summed E-state index contributed by atoms with van der Waals surface area (Å²) < 4.78 is 0.525. The zero-order chi connectivity index (χ0) is 12.2. The van der Waals surface area contributed by atoms with Gasteiger partial charge in [-0.15, -0.1) is 0 Å². The maximum Gasteiger partial charge on any atom is 0.160 e. The Morgan fingerprint density at radius 3 is 1.40 bits per heavy atom. The van der Waals surface area contributed by atoms with Gasteiger partial charge in [0.15, 0.2) is 11.6 Å². The van der Waals surface area contributed by atoms with E-state index in [1.807, 2.05) is 14.1 Å².